The van der Waals surface area contributed by atoms with Crippen molar-refractivity contribution in [1.29, 1.82) is 0 Å². The normalized spacial score (nSPS) is 9.60. The van der Waals surface area contributed by atoms with Gasteiger partial charge in [0.1, 0.15) is 87.3 Å². The number of hydrogen-bond acceptors (Lipinski definition) is 0. The third kappa shape index (κ3) is 52.8. The smallest absolute Gasteiger partial charge is 0.129 e. The Morgan fingerprint density at radius 1 is 0.0956 bits per heavy atom. The van der Waals surface area contributed by atoms with Gasteiger partial charge >= 0.3 is 0 Å². The summed E-state index contributed by atoms with van der Waals surface area (Å²) in [6.07, 6.45) is 0. The van der Waals surface area contributed by atoms with Gasteiger partial charge < -0.3 is 0 Å². The Hall–Kier alpha value is -12.8. The first-order valence-electron chi connectivity index (χ1n) is 43.9. The summed E-state index contributed by atoms with van der Waals surface area (Å²) < 4.78 is 189. The zero-order valence-electron chi connectivity index (χ0n) is 84.2. The molecule has 0 amide bonds. The first kappa shape index (κ1) is 123. The molecular formula is C121H139F15. The van der Waals surface area contributed by atoms with Crippen molar-refractivity contribution in [3.63, 3.8) is 0 Å². The Labute approximate surface area is 803 Å². The second-order valence-electron chi connectivity index (χ2n) is 33.8. The molecule has 0 bridgehead atoms. The van der Waals surface area contributed by atoms with E-state index in [1.54, 1.807) is 99.6 Å². The molecule has 0 heterocycles. The van der Waals surface area contributed by atoms with Crippen LogP contribution in [0.1, 0.15) is 174 Å². The molecule has 0 aromatic heterocycles. The molecule has 0 radical (unpaired) electrons. The number of rotatable bonds is 0. The predicted octanol–water partition coefficient (Wildman–Crippen LogP) is 37.3. The lowest BCUT2D eigenvalue weighted by molar-refractivity contribution is 0.565. The number of halogens is 15. The SMILES string of the molecule is C.Cc1cc(F)c(C)c(F)c1.Cc1cc(F)c(C)c(F)c1.Cc1cc(F)c(C)c(F)c1.Cc1cc(F)c(C)c(F)c1.Cc1cc(F)c(C)c(F)c1.Cc1ccc(C)c(F)c1.Cc1ccc(C)c(F)c1.Cc1ccc(C)c(F)c1.Cc1ccc(C)c(F)c1.Cc1ccc(C)c(F)c1.Cc1ccc(C)cc1.Cc1ccc(C)cc1.Cc1ccc(C)cc1.Cc1ccc(C)cc1.Cc1ccc(C)cc1. The number of aryl methyl sites for hydroxylation is 25. The maximum atomic E-state index is 12.6. The molecule has 0 saturated heterocycles. The van der Waals surface area contributed by atoms with Crippen LogP contribution in [0.5, 0.6) is 0 Å². The maximum Gasteiger partial charge on any atom is 0.129 e. The van der Waals surface area contributed by atoms with E-state index in [-0.39, 0.29) is 64.3 Å². The molecule has 0 N–H and O–H groups in total. The van der Waals surface area contributed by atoms with Gasteiger partial charge in [0, 0.05) is 27.8 Å². The predicted molar refractivity (Wildman–Crippen MR) is 545 cm³/mol. The van der Waals surface area contributed by atoms with Gasteiger partial charge in [-0.05, 0) is 382 Å². The van der Waals surface area contributed by atoms with Crippen LogP contribution in [0.2, 0.25) is 0 Å². The summed E-state index contributed by atoms with van der Waals surface area (Å²) in [6, 6.07) is 81.7. The second-order valence-corrected chi connectivity index (χ2v) is 33.8. The molecule has 0 atom stereocenters. The van der Waals surface area contributed by atoms with Crippen molar-refractivity contribution in [2.24, 2.45) is 0 Å². The molecule has 15 heteroatoms. The van der Waals surface area contributed by atoms with Gasteiger partial charge in [-0.15, -0.1) is 0 Å². The van der Waals surface area contributed by atoms with Crippen LogP contribution in [-0.4, -0.2) is 0 Å². The van der Waals surface area contributed by atoms with E-state index in [0.717, 1.165) is 27.8 Å². The summed E-state index contributed by atoms with van der Waals surface area (Å²) in [5, 5.41) is 0. The highest BCUT2D eigenvalue weighted by molar-refractivity contribution is 5.32. The largest absolute Gasteiger partial charge is 0.207 e. The van der Waals surface area contributed by atoms with E-state index < -0.39 is 58.2 Å². The average molecular weight is 1880 g/mol. The number of benzene rings is 15. The highest BCUT2D eigenvalue weighted by Gasteiger charge is 2.09. The molecule has 136 heavy (non-hydrogen) atoms. The summed E-state index contributed by atoms with van der Waals surface area (Å²) >= 11 is 0. The van der Waals surface area contributed by atoms with Crippen LogP contribution in [0, 0.1) is 295 Å². The Kier molecular flexibility index (Phi) is 58.2. The van der Waals surface area contributed by atoms with Crippen LogP contribution in [0.15, 0.2) is 273 Å². The minimum absolute atomic E-state index is 0. The van der Waals surface area contributed by atoms with Gasteiger partial charge in [0.15, 0.2) is 0 Å². The molecule has 0 aliphatic rings. The van der Waals surface area contributed by atoms with Gasteiger partial charge in [0.25, 0.3) is 0 Å². The standard InChI is InChI=1S/5C8H8F2.5C8H9F.5C8H10.CH4/c5*1-5-3-7(9)6(2)8(10)4-5;5*1-6-3-4-7(2)8(9)5-6;5*1-7-3-5-8(2)6-4-7;/h5*3-4H,1-2H3;5*3-5H,1-2H3;5*3-6H,1-2H3;1H4. The third-order valence-corrected chi connectivity index (χ3v) is 19.9. The van der Waals surface area contributed by atoms with E-state index in [2.05, 4.69) is 191 Å². The minimum atomic E-state index is -0.475. The fraction of sp³-hybridized carbons (Fsp3) is 0.256. The minimum Gasteiger partial charge on any atom is -0.207 e. The molecule has 0 saturated carbocycles. The molecule has 0 fully saturated rings. The fourth-order valence-corrected chi connectivity index (χ4v) is 10.5. The van der Waals surface area contributed by atoms with Gasteiger partial charge in [-0.3, -0.25) is 0 Å². The van der Waals surface area contributed by atoms with E-state index in [4.69, 9.17) is 0 Å². The zero-order chi connectivity index (χ0) is 103. The van der Waals surface area contributed by atoms with Crippen LogP contribution in [0.25, 0.3) is 0 Å². The van der Waals surface area contributed by atoms with E-state index >= 15 is 0 Å². The van der Waals surface area contributed by atoms with Crippen molar-refractivity contribution < 1.29 is 65.9 Å². The van der Waals surface area contributed by atoms with E-state index in [9.17, 15) is 65.9 Å². The van der Waals surface area contributed by atoms with Crippen LogP contribution >= 0.6 is 0 Å². The summed E-state index contributed by atoms with van der Waals surface area (Å²) in [6.45, 7) is 54.5. The van der Waals surface area contributed by atoms with Crippen molar-refractivity contribution in [3.05, 3.63) is 527 Å². The summed E-state index contributed by atoms with van der Waals surface area (Å²) in [7, 11) is 0. The van der Waals surface area contributed by atoms with Crippen molar-refractivity contribution in [1.82, 2.24) is 0 Å². The lowest BCUT2D eigenvalue weighted by atomic mass is 10.1. The van der Waals surface area contributed by atoms with Gasteiger partial charge in [-0.2, -0.15) is 0 Å². The Morgan fingerprint density at radius 3 is 0.243 bits per heavy atom. The summed E-state index contributed by atoms with van der Waals surface area (Å²) in [4.78, 5) is 0. The second kappa shape index (κ2) is 64.3. The quantitative estimate of drug-likeness (QED) is 0.133. The van der Waals surface area contributed by atoms with Gasteiger partial charge in [-0.25, -0.2) is 65.9 Å². The van der Waals surface area contributed by atoms with Crippen LogP contribution in [0.3, 0.4) is 0 Å². The maximum absolute atomic E-state index is 12.6. The summed E-state index contributed by atoms with van der Waals surface area (Å²) in [5.74, 6) is -5.32. The summed E-state index contributed by atoms with van der Waals surface area (Å²) in [5.41, 5.74) is 25.2. The van der Waals surface area contributed by atoms with E-state index in [1.165, 1.54) is 181 Å². The Balaban J connectivity index is 0.00000144. The third-order valence-electron chi connectivity index (χ3n) is 19.9. The van der Waals surface area contributed by atoms with Gasteiger partial charge in [0.05, 0.1) is 0 Å². The topological polar surface area (TPSA) is 0 Å². The number of hydrogen-bond donors (Lipinski definition) is 0. The van der Waals surface area contributed by atoms with E-state index in [0.29, 0.717) is 55.6 Å². The Bertz CT molecular complexity index is 4970. The molecule has 15 rings (SSSR count). The Morgan fingerprint density at radius 2 is 0.169 bits per heavy atom. The highest BCUT2D eigenvalue weighted by atomic mass is 19.2. The molecule has 0 aliphatic heterocycles. The highest BCUT2D eigenvalue weighted by Crippen LogP contribution is 2.20. The van der Waals surface area contributed by atoms with Gasteiger partial charge in [0.2, 0.25) is 0 Å². The van der Waals surface area contributed by atoms with Crippen molar-refractivity contribution in [2.75, 3.05) is 0 Å². The fourth-order valence-electron chi connectivity index (χ4n) is 10.5. The zero-order valence-corrected chi connectivity index (χ0v) is 84.2. The monoisotopic (exact) mass is 1880 g/mol. The molecule has 0 spiro atoms. The van der Waals surface area contributed by atoms with Crippen molar-refractivity contribution in [3.8, 4) is 0 Å². The lowest BCUT2D eigenvalue weighted by Gasteiger charge is -1.98. The molecule has 15 aromatic rings. The first-order chi connectivity index (χ1) is 63.0. The molecular weight excluding hydrogens is 1740 g/mol. The molecule has 0 nitrogen and oxygen atoms in total. The van der Waals surface area contributed by atoms with Gasteiger partial charge in [-0.1, -0.05) is 245 Å². The van der Waals surface area contributed by atoms with Crippen LogP contribution in [-0.2, 0) is 0 Å². The average Bonchev–Trinajstić information content (AvgIpc) is 0.875. The van der Waals surface area contributed by atoms with Crippen molar-refractivity contribution >= 4 is 0 Å². The molecule has 0 aliphatic carbocycles. The molecule has 0 unspecified atom stereocenters. The molecule has 728 valence electrons. The lowest BCUT2D eigenvalue weighted by Crippen LogP contribution is -1.89. The molecule has 15 aromatic carbocycles. The van der Waals surface area contributed by atoms with Crippen LogP contribution in [0.4, 0.5) is 65.9 Å². The van der Waals surface area contributed by atoms with E-state index in [1.807, 2.05) is 65.0 Å². The van der Waals surface area contributed by atoms with Crippen LogP contribution < -0.4 is 0 Å². The first-order valence-corrected chi connectivity index (χ1v) is 43.9. The van der Waals surface area contributed by atoms with Crippen molar-refractivity contribution in [2.45, 2.75) is 215 Å².